The number of aromatic nitrogens is 1. The van der Waals surface area contributed by atoms with Crippen molar-refractivity contribution in [2.75, 3.05) is 37.6 Å². The Morgan fingerprint density at radius 1 is 0.909 bits per heavy atom. The molecule has 2 heterocycles. The van der Waals surface area contributed by atoms with Crippen molar-refractivity contribution in [3.63, 3.8) is 0 Å². The molecule has 2 aromatic rings. The van der Waals surface area contributed by atoms with Crippen molar-refractivity contribution < 1.29 is 30.3 Å². The second kappa shape index (κ2) is 9.80. The Bertz CT molecular complexity index is 920. The highest BCUT2D eigenvalue weighted by atomic mass is 16.5. The summed E-state index contributed by atoms with van der Waals surface area (Å²) < 4.78 is 7.22. The van der Waals surface area contributed by atoms with Gasteiger partial charge in [0.25, 0.3) is 0 Å². The number of hydrogen-bond donors (Lipinski definition) is 5. The largest absolute Gasteiger partial charge is 0.494 e. The molecular weight excluding hydrogens is 426 g/mol. The molecule has 9 nitrogen and oxygen atoms in total. The van der Waals surface area contributed by atoms with Gasteiger partial charge in [0.2, 0.25) is 0 Å². The van der Waals surface area contributed by atoms with E-state index in [2.05, 4.69) is 15.9 Å². The molecule has 0 amide bonds. The van der Waals surface area contributed by atoms with Crippen molar-refractivity contribution in [3.05, 3.63) is 35.4 Å². The van der Waals surface area contributed by atoms with E-state index in [-0.39, 0.29) is 37.3 Å². The molecule has 1 saturated heterocycles. The topological polar surface area (TPSA) is 122 Å². The van der Waals surface area contributed by atoms with Gasteiger partial charge in [-0.1, -0.05) is 12.1 Å². The van der Waals surface area contributed by atoms with E-state index in [0.717, 1.165) is 37.6 Å². The number of piperazine rings is 1. The van der Waals surface area contributed by atoms with Gasteiger partial charge in [-0.15, -0.1) is 0 Å². The molecule has 1 aromatic heterocycles. The lowest BCUT2D eigenvalue weighted by Gasteiger charge is -2.37. The Labute approximate surface area is 194 Å². The van der Waals surface area contributed by atoms with Crippen molar-refractivity contribution in [1.29, 1.82) is 0 Å². The zero-order valence-corrected chi connectivity index (χ0v) is 19.3. The molecule has 33 heavy (non-hydrogen) atoms. The van der Waals surface area contributed by atoms with Crippen molar-refractivity contribution in [3.8, 4) is 17.5 Å². The third-order valence-corrected chi connectivity index (χ3v) is 6.49. The number of aliphatic hydroxyl groups is 3. The molecule has 1 fully saturated rings. The van der Waals surface area contributed by atoms with Crippen LogP contribution in [0.2, 0.25) is 0 Å². The molecule has 0 spiro atoms. The molecule has 0 radical (unpaired) electrons. The van der Waals surface area contributed by atoms with Gasteiger partial charge in [0, 0.05) is 56.7 Å². The highest BCUT2D eigenvalue weighted by Crippen LogP contribution is 2.39. The van der Waals surface area contributed by atoms with Crippen LogP contribution < -0.4 is 9.64 Å². The summed E-state index contributed by atoms with van der Waals surface area (Å²) in [6, 6.07) is 8.03. The predicted octanol–water partition coefficient (Wildman–Crippen LogP) is 0.690. The standard InChI is InChI=1S/C24H35N3O6/c1-15(2)33-22-6-4-3-5-19(22)26-9-7-25(8-10-26)13-16(28)14-27-23(31)17-11-20(29)21(30)12-18(17)24(27)32/h3-6,15-16,20-21,28-32H,7-14H2,1-2H3. The number of rotatable bonds is 7. The summed E-state index contributed by atoms with van der Waals surface area (Å²) in [5.41, 5.74) is 1.95. The van der Waals surface area contributed by atoms with Crippen LogP contribution in [-0.4, -0.2) is 92.1 Å². The molecule has 0 bridgehead atoms. The molecule has 0 saturated carbocycles. The lowest BCUT2D eigenvalue weighted by molar-refractivity contribution is 0.0136. The Balaban J connectivity index is 1.35. The van der Waals surface area contributed by atoms with Crippen LogP contribution >= 0.6 is 0 Å². The summed E-state index contributed by atoms with van der Waals surface area (Å²) >= 11 is 0. The molecule has 5 N–H and O–H groups in total. The molecule has 1 aliphatic carbocycles. The Kier molecular flexibility index (Phi) is 7.04. The molecule has 9 heteroatoms. The molecule has 182 valence electrons. The van der Waals surface area contributed by atoms with Crippen molar-refractivity contribution >= 4 is 5.69 Å². The van der Waals surface area contributed by atoms with Gasteiger partial charge in [0.1, 0.15) is 5.75 Å². The zero-order valence-electron chi connectivity index (χ0n) is 19.3. The van der Waals surface area contributed by atoms with Crippen LogP contribution in [0.4, 0.5) is 5.69 Å². The van der Waals surface area contributed by atoms with Crippen molar-refractivity contribution in [2.45, 2.75) is 57.6 Å². The quantitative estimate of drug-likeness (QED) is 0.408. The van der Waals surface area contributed by atoms with E-state index in [0.29, 0.717) is 17.7 Å². The summed E-state index contributed by atoms with van der Waals surface area (Å²) in [5.74, 6) is 0.567. The Hall–Kier alpha value is -2.46. The first-order chi connectivity index (χ1) is 15.7. The van der Waals surface area contributed by atoms with Crippen LogP contribution in [-0.2, 0) is 19.4 Å². The fourth-order valence-corrected chi connectivity index (χ4v) is 4.80. The predicted molar refractivity (Wildman–Crippen MR) is 124 cm³/mol. The number of fused-ring (bicyclic) bond motifs is 1. The third kappa shape index (κ3) is 5.06. The third-order valence-electron chi connectivity index (χ3n) is 6.49. The van der Waals surface area contributed by atoms with Crippen LogP contribution in [0, 0.1) is 0 Å². The van der Waals surface area contributed by atoms with Gasteiger partial charge in [-0.05, 0) is 26.0 Å². The lowest BCUT2D eigenvalue weighted by atomic mass is 9.90. The SMILES string of the molecule is CC(C)Oc1ccccc1N1CCN(CC(O)Cn2c(O)c3c(c2O)CC(O)C(O)C3)CC1. The smallest absolute Gasteiger partial charge is 0.197 e. The van der Waals surface area contributed by atoms with Gasteiger partial charge >= 0.3 is 0 Å². The first-order valence-electron chi connectivity index (χ1n) is 11.6. The van der Waals surface area contributed by atoms with E-state index in [9.17, 15) is 25.5 Å². The summed E-state index contributed by atoms with van der Waals surface area (Å²) in [4.78, 5) is 4.45. The average molecular weight is 462 g/mol. The maximum absolute atomic E-state index is 10.7. The van der Waals surface area contributed by atoms with Crippen LogP contribution in [0.5, 0.6) is 17.5 Å². The van der Waals surface area contributed by atoms with Gasteiger partial charge in [-0.25, -0.2) is 0 Å². The first kappa shape index (κ1) is 23.7. The molecule has 3 atom stereocenters. The Morgan fingerprint density at radius 2 is 1.48 bits per heavy atom. The number of ether oxygens (including phenoxy) is 1. The van der Waals surface area contributed by atoms with Crippen molar-refractivity contribution in [2.24, 2.45) is 0 Å². The summed E-state index contributed by atoms with van der Waals surface area (Å²) in [6.07, 6.45) is -2.51. The maximum atomic E-state index is 10.7. The van der Waals surface area contributed by atoms with Crippen LogP contribution in [0.1, 0.15) is 25.0 Å². The van der Waals surface area contributed by atoms with E-state index in [1.165, 1.54) is 4.57 Å². The number of aromatic hydroxyl groups is 2. The lowest BCUT2D eigenvalue weighted by Crippen LogP contribution is -2.49. The number of nitrogens with zero attached hydrogens (tertiary/aromatic N) is 3. The van der Waals surface area contributed by atoms with Gasteiger partial charge in [-0.2, -0.15) is 0 Å². The minimum atomic E-state index is -0.976. The van der Waals surface area contributed by atoms with E-state index in [1.54, 1.807) is 0 Å². The van der Waals surface area contributed by atoms with Gasteiger partial charge in [-0.3, -0.25) is 9.47 Å². The van der Waals surface area contributed by atoms with Crippen LogP contribution in [0.25, 0.3) is 0 Å². The average Bonchev–Trinajstić information content (AvgIpc) is 2.99. The fourth-order valence-electron chi connectivity index (χ4n) is 4.80. The fraction of sp³-hybridized carbons (Fsp3) is 0.583. The highest BCUT2D eigenvalue weighted by Gasteiger charge is 2.34. The Morgan fingerprint density at radius 3 is 2.06 bits per heavy atom. The molecule has 1 aromatic carbocycles. The zero-order chi connectivity index (χ0) is 23.7. The van der Waals surface area contributed by atoms with E-state index in [1.807, 2.05) is 32.0 Å². The minimum absolute atomic E-state index is 0.0299. The van der Waals surface area contributed by atoms with Crippen LogP contribution in [0.3, 0.4) is 0 Å². The second-order valence-corrected chi connectivity index (χ2v) is 9.33. The summed E-state index contributed by atoms with van der Waals surface area (Å²) in [5, 5.41) is 51.5. The molecule has 3 unspecified atom stereocenters. The maximum Gasteiger partial charge on any atom is 0.197 e. The number of para-hydroxylation sites is 2. The second-order valence-electron chi connectivity index (χ2n) is 9.33. The molecular formula is C24H35N3O6. The van der Waals surface area contributed by atoms with E-state index < -0.39 is 18.3 Å². The highest BCUT2D eigenvalue weighted by molar-refractivity contribution is 5.58. The monoisotopic (exact) mass is 461 g/mol. The number of benzene rings is 1. The summed E-state index contributed by atoms with van der Waals surface area (Å²) in [6.45, 7) is 7.60. The number of anilines is 1. The minimum Gasteiger partial charge on any atom is -0.494 e. The number of aliphatic hydroxyl groups excluding tert-OH is 3. The first-order valence-corrected chi connectivity index (χ1v) is 11.6. The van der Waals surface area contributed by atoms with E-state index >= 15 is 0 Å². The normalized spacial score (nSPS) is 22.4. The van der Waals surface area contributed by atoms with Crippen molar-refractivity contribution in [1.82, 2.24) is 9.47 Å². The molecule has 4 rings (SSSR count). The van der Waals surface area contributed by atoms with Gasteiger partial charge in [0.05, 0.1) is 36.6 Å². The number of β-amino-alcohol motifs (C(OH)–C–C–N with tert-alkyl or cyclic N) is 1. The van der Waals surface area contributed by atoms with Crippen LogP contribution in [0.15, 0.2) is 24.3 Å². The molecule has 1 aliphatic heterocycles. The molecule has 2 aliphatic rings. The van der Waals surface area contributed by atoms with Gasteiger partial charge < -0.3 is 35.2 Å². The van der Waals surface area contributed by atoms with E-state index in [4.69, 9.17) is 4.74 Å². The number of hydrogen-bond acceptors (Lipinski definition) is 8. The summed E-state index contributed by atoms with van der Waals surface area (Å²) in [7, 11) is 0. The van der Waals surface area contributed by atoms with Gasteiger partial charge in [0.15, 0.2) is 11.8 Å².